The van der Waals surface area contributed by atoms with Gasteiger partial charge in [-0.25, -0.2) is 9.78 Å². The maximum Gasteiger partial charge on any atom is 0.416 e. The average molecular weight is 448 g/mol. The fourth-order valence-electron chi connectivity index (χ4n) is 3.01. The Balaban J connectivity index is 1.72. The van der Waals surface area contributed by atoms with Crippen molar-refractivity contribution in [3.8, 4) is 0 Å². The summed E-state index contributed by atoms with van der Waals surface area (Å²) in [6.45, 7) is 0. The first-order valence-electron chi connectivity index (χ1n) is 9.18. The van der Waals surface area contributed by atoms with Gasteiger partial charge in [-0.2, -0.15) is 22.0 Å². The summed E-state index contributed by atoms with van der Waals surface area (Å²) >= 11 is 0. The number of esters is 1. The van der Waals surface area contributed by atoms with Gasteiger partial charge < -0.3 is 9.15 Å². The minimum absolute atomic E-state index is 0.0938. The molecule has 0 saturated carbocycles. The van der Waals surface area contributed by atoms with Gasteiger partial charge in [0.05, 0.1) is 11.1 Å². The van der Waals surface area contributed by atoms with Gasteiger partial charge >= 0.3 is 18.1 Å². The number of pyridine rings is 1. The zero-order valence-corrected chi connectivity index (χ0v) is 16.0. The number of para-hydroxylation sites is 2. The lowest BCUT2D eigenvalue weighted by Gasteiger charge is -2.24. The third-order valence-corrected chi connectivity index (χ3v) is 4.55. The lowest BCUT2D eigenvalue weighted by molar-refractivity contribution is -0.139. The first-order valence-corrected chi connectivity index (χ1v) is 9.18. The van der Waals surface area contributed by atoms with Crippen molar-refractivity contribution in [1.29, 1.82) is 0 Å². The van der Waals surface area contributed by atoms with Crippen LogP contribution in [0.4, 0.5) is 22.0 Å². The Kier molecular flexibility index (Phi) is 5.37. The molecule has 5 nitrogen and oxygen atoms in total. The molecule has 2 aromatic carbocycles. The molecule has 2 aromatic heterocycles. The molecule has 0 aliphatic carbocycles. The quantitative estimate of drug-likeness (QED) is 0.280. The maximum absolute atomic E-state index is 15.4. The molecule has 4 aromatic rings. The molecule has 0 fully saturated rings. The molecule has 0 saturated heterocycles. The Hall–Kier alpha value is -3.82. The number of hydrogen-bond acceptors (Lipinski definition) is 5. The van der Waals surface area contributed by atoms with Crippen LogP contribution in [0.25, 0.3) is 11.1 Å². The number of carbonyl (C=O) groups is 1. The van der Waals surface area contributed by atoms with Crippen molar-refractivity contribution in [2.75, 3.05) is 0 Å². The topological polar surface area (TPSA) is 65.2 Å². The molecule has 1 unspecified atom stereocenters. The predicted molar refractivity (Wildman–Crippen MR) is 102 cm³/mol. The molecule has 0 amide bonds. The van der Waals surface area contributed by atoms with Crippen LogP contribution >= 0.6 is 0 Å². The van der Waals surface area contributed by atoms with Crippen LogP contribution in [0.1, 0.15) is 33.5 Å². The largest absolute Gasteiger partial charge is 0.447 e. The van der Waals surface area contributed by atoms with Gasteiger partial charge in [0.25, 0.3) is 5.89 Å². The normalized spacial score (nSPS) is 13.2. The van der Waals surface area contributed by atoms with E-state index in [-0.39, 0.29) is 16.7 Å². The molecule has 164 valence electrons. The molecule has 0 aliphatic heterocycles. The van der Waals surface area contributed by atoms with Crippen molar-refractivity contribution in [1.82, 2.24) is 9.97 Å². The molecule has 0 aliphatic rings. The highest BCUT2D eigenvalue weighted by molar-refractivity contribution is 5.89. The van der Waals surface area contributed by atoms with E-state index in [2.05, 4.69) is 9.97 Å². The Morgan fingerprint density at radius 1 is 0.969 bits per heavy atom. The number of nitrogens with zero attached hydrogens (tertiary/aromatic N) is 2. The number of benzene rings is 2. The van der Waals surface area contributed by atoms with Crippen LogP contribution in [0.2, 0.25) is 0 Å². The second kappa shape index (κ2) is 8.03. The molecular weight excluding hydrogens is 435 g/mol. The first kappa shape index (κ1) is 21.4. The number of fused-ring (bicyclic) bond motifs is 1. The summed E-state index contributed by atoms with van der Waals surface area (Å²) < 4.78 is 80.0. The third-order valence-electron chi connectivity index (χ3n) is 4.55. The minimum Gasteiger partial charge on any atom is -0.447 e. The Labute approximate surface area is 177 Å². The third kappa shape index (κ3) is 4.16. The second-order valence-corrected chi connectivity index (χ2v) is 6.76. The number of oxazole rings is 1. The molecule has 2 heterocycles. The summed E-state index contributed by atoms with van der Waals surface area (Å²) in [6, 6.07) is 12.0. The van der Waals surface area contributed by atoms with Crippen LogP contribution in [0, 0.1) is 0 Å². The summed E-state index contributed by atoms with van der Waals surface area (Å²) in [5, 5.41) is 0. The second-order valence-electron chi connectivity index (χ2n) is 6.76. The van der Waals surface area contributed by atoms with Crippen LogP contribution in [0.15, 0.2) is 77.5 Å². The Morgan fingerprint density at radius 2 is 1.75 bits per heavy atom. The molecule has 10 heteroatoms. The zero-order valence-electron chi connectivity index (χ0n) is 16.0. The van der Waals surface area contributed by atoms with Gasteiger partial charge in [0.2, 0.25) is 6.10 Å². The SMILES string of the molecule is O=C(OC(c1cccnc1)C(F)(F)c1nc2ccccc2o1)c1cccc(C(F)(F)F)c1. The van der Waals surface area contributed by atoms with E-state index >= 15 is 8.78 Å². The van der Waals surface area contributed by atoms with Crippen molar-refractivity contribution >= 4 is 17.1 Å². The lowest BCUT2D eigenvalue weighted by atomic mass is 10.0. The highest BCUT2D eigenvalue weighted by Gasteiger charge is 2.50. The maximum atomic E-state index is 15.4. The van der Waals surface area contributed by atoms with Crippen LogP contribution in [0.3, 0.4) is 0 Å². The minimum atomic E-state index is -4.72. The highest BCUT2D eigenvalue weighted by Crippen LogP contribution is 2.43. The van der Waals surface area contributed by atoms with Crippen LogP contribution in [-0.2, 0) is 16.8 Å². The molecular formula is C22H13F5N2O3. The van der Waals surface area contributed by atoms with Gasteiger partial charge in [0, 0.05) is 18.0 Å². The standard InChI is InChI=1S/C22H13F5N2O3/c23-21(24,20-29-16-8-1-2-9-17(16)31-20)18(14-6-4-10-28-12-14)32-19(30)13-5-3-7-15(11-13)22(25,26)27/h1-12,18H. The number of carbonyl (C=O) groups excluding carboxylic acids is 1. The number of aromatic nitrogens is 2. The number of alkyl halides is 5. The highest BCUT2D eigenvalue weighted by atomic mass is 19.4. The van der Waals surface area contributed by atoms with Gasteiger partial charge in [-0.05, 0) is 36.4 Å². The summed E-state index contributed by atoms with van der Waals surface area (Å²) in [5.41, 5.74) is -1.59. The monoisotopic (exact) mass is 448 g/mol. The fourth-order valence-corrected chi connectivity index (χ4v) is 3.01. The summed E-state index contributed by atoms with van der Waals surface area (Å²) in [7, 11) is 0. The predicted octanol–water partition coefficient (Wildman–Crippen LogP) is 5.93. The Morgan fingerprint density at radius 3 is 2.44 bits per heavy atom. The van der Waals surface area contributed by atoms with Crippen LogP contribution < -0.4 is 0 Å². The van der Waals surface area contributed by atoms with E-state index in [1.54, 1.807) is 12.1 Å². The average Bonchev–Trinajstić information content (AvgIpc) is 3.22. The molecule has 1 atom stereocenters. The van der Waals surface area contributed by atoms with Crippen molar-refractivity contribution in [2.24, 2.45) is 0 Å². The van der Waals surface area contributed by atoms with Gasteiger partial charge in [-0.1, -0.05) is 24.3 Å². The van der Waals surface area contributed by atoms with E-state index in [4.69, 9.17) is 9.15 Å². The van der Waals surface area contributed by atoms with Gasteiger partial charge in [-0.15, -0.1) is 0 Å². The van der Waals surface area contributed by atoms with Gasteiger partial charge in [0.15, 0.2) is 5.58 Å². The number of ether oxygens (including phenoxy) is 1. The Bertz CT molecular complexity index is 1220. The van der Waals surface area contributed by atoms with Gasteiger partial charge in [-0.3, -0.25) is 4.98 Å². The smallest absolute Gasteiger partial charge is 0.416 e. The molecule has 32 heavy (non-hydrogen) atoms. The van der Waals surface area contributed by atoms with E-state index in [0.29, 0.717) is 6.07 Å². The lowest BCUT2D eigenvalue weighted by Crippen LogP contribution is -2.29. The van der Waals surface area contributed by atoms with E-state index in [0.717, 1.165) is 24.4 Å². The summed E-state index contributed by atoms with van der Waals surface area (Å²) in [4.78, 5) is 20.1. The first-order chi connectivity index (χ1) is 15.2. The number of halogens is 5. The van der Waals surface area contributed by atoms with E-state index in [1.807, 2.05) is 0 Å². The molecule has 0 N–H and O–H groups in total. The van der Waals surface area contributed by atoms with Crippen molar-refractivity contribution in [2.45, 2.75) is 18.2 Å². The van der Waals surface area contributed by atoms with Gasteiger partial charge in [0.1, 0.15) is 5.52 Å². The van der Waals surface area contributed by atoms with Crippen molar-refractivity contribution in [3.05, 3.63) is 95.6 Å². The number of hydrogen-bond donors (Lipinski definition) is 0. The summed E-state index contributed by atoms with van der Waals surface area (Å²) in [6.07, 6.45) is -4.60. The van der Waals surface area contributed by atoms with E-state index in [1.165, 1.54) is 30.5 Å². The zero-order chi connectivity index (χ0) is 22.9. The van der Waals surface area contributed by atoms with E-state index < -0.39 is 41.2 Å². The molecule has 4 rings (SSSR count). The van der Waals surface area contributed by atoms with Crippen LogP contribution in [-0.4, -0.2) is 15.9 Å². The van der Waals surface area contributed by atoms with Crippen molar-refractivity contribution < 1.29 is 35.9 Å². The fraction of sp³-hybridized carbons (Fsp3) is 0.136. The molecule has 0 spiro atoms. The molecule has 0 radical (unpaired) electrons. The molecule has 0 bridgehead atoms. The number of rotatable bonds is 5. The van der Waals surface area contributed by atoms with Crippen molar-refractivity contribution in [3.63, 3.8) is 0 Å². The van der Waals surface area contributed by atoms with Crippen LogP contribution in [0.5, 0.6) is 0 Å². The van der Waals surface area contributed by atoms with E-state index in [9.17, 15) is 18.0 Å². The summed E-state index contributed by atoms with van der Waals surface area (Å²) in [5.74, 6) is -6.34.